The fourth-order valence-corrected chi connectivity index (χ4v) is 2.65. The molecule has 0 bridgehead atoms. The molecule has 0 fully saturated rings. The highest BCUT2D eigenvalue weighted by Crippen LogP contribution is 2.23. The maximum absolute atomic E-state index is 11.5. The van der Waals surface area contributed by atoms with Crippen LogP contribution in [0.15, 0.2) is 15.9 Å². The molecule has 0 unspecified atom stereocenters. The van der Waals surface area contributed by atoms with E-state index in [9.17, 15) is 4.79 Å². The number of thiophene rings is 1. The second-order valence-electron chi connectivity index (χ2n) is 3.11. The van der Waals surface area contributed by atoms with Crippen molar-refractivity contribution < 1.29 is 4.79 Å². The highest BCUT2D eigenvalue weighted by atomic mass is 79.9. The summed E-state index contributed by atoms with van der Waals surface area (Å²) in [7, 11) is 1.76. The zero-order chi connectivity index (χ0) is 11.3. The molecule has 0 aliphatic rings. The van der Waals surface area contributed by atoms with Crippen molar-refractivity contribution in [3.8, 4) is 6.07 Å². The van der Waals surface area contributed by atoms with Crippen molar-refractivity contribution in [2.24, 2.45) is 0 Å². The summed E-state index contributed by atoms with van der Waals surface area (Å²) in [5.74, 6) is 0.0149. The average molecular weight is 287 g/mol. The number of nitrogens with zero attached hydrogens (tertiary/aromatic N) is 2. The summed E-state index contributed by atoms with van der Waals surface area (Å²) >= 11 is 4.99. The van der Waals surface area contributed by atoms with Crippen molar-refractivity contribution in [2.75, 3.05) is 7.05 Å². The van der Waals surface area contributed by atoms with Crippen LogP contribution >= 0.6 is 27.3 Å². The van der Waals surface area contributed by atoms with Crippen LogP contribution in [0.4, 0.5) is 0 Å². The smallest absolute Gasteiger partial charge is 0.223 e. The number of amides is 1. The molecule has 1 heterocycles. The van der Waals surface area contributed by atoms with E-state index in [0.29, 0.717) is 13.0 Å². The van der Waals surface area contributed by atoms with E-state index in [-0.39, 0.29) is 12.3 Å². The summed E-state index contributed by atoms with van der Waals surface area (Å²) in [6.07, 6.45) is 0.594. The van der Waals surface area contributed by atoms with Crippen LogP contribution in [0.3, 0.4) is 0 Å². The van der Waals surface area contributed by atoms with Gasteiger partial charge in [-0.15, -0.1) is 11.3 Å². The van der Waals surface area contributed by atoms with Gasteiger partial charge in [0.2, 0.25) is 5.91 Å². The summed E-state index contributed by atoms with van der Waals surface area (Å²) in [6.45, 7) is 0.612. The molecule has 1 aromatic rings. The lowest BCUT2D eigenvalue weighted by Crippen LogP contribution is -2.25. The molecule has 3 nitrogen and oxygen atoms in total. The van der Waals surface area contributed by atoms with Gasteiger partial charge >= 0.3 is 0 Å². The van der Waals surface area contributed by atoms with E-state index in [2.05, 4.69) is 15.9 Å². The lowest BCUT2D eigenvalue weighted by atomic mass is 10.3. The van der Waals surface area contributed by atoms with Gasteiger partial charge in [-0.05, 0) is 28.1 Å². The van der Waals surface area contributed by atoms with E-state index in [1.165, 1.54) is 0 Å². The fraction of sp³-hybridized carbons (Fsp3) is 0.400. The predicted molar refractivity (Wildman–Crippen MR) is 63.3 cm³/mol. The van der Waals surface area contributed by atoms with Gasteiger partial charge in [0.15, 0.2) is 0 Å². The van der Waals surface area contributed by atoms with E-state index in [1.54, 1.807) is 23.3 Å². The van der Waals surface area contributed by atoms with E-state index in [0.717, 1.165) is 8.66 Å². The fourth-order valence-electron chi connectivity index (χ4n) is 1.11. The highest BCUT2D eigenvalue weighted by Gasteiger charge is 2.09. The summed E-state index contributed by atoms with van der Waals surface area (Å²) in [5, 5.41) is 8.37. The third-order valence-corrected chi connectivity index (χ3v) is 3.51. The molecule has 15 heavy (non-hydrogen) atoms. The first-order chi connectivity index (χ1) is 7.13. The molecule has 1 amide bonds. The van der Waals surface area contributed by atoms with Crippen molar-refractivity contribution in [1.82, 2.24) is 4.90 Å². The van der Waals surface area contributed by atoms with Crippen LogP contribution in [0.25, 0.3) is 0 Å². The lowest BCUT2D eigenvalue weighted by Gasteiger charge is -2.15. The first-order valence-electron chi connectivity index (χ1n) is 4.48. The van der Waals surface area contributed by atoms with E-state index in [4.69, 9.17) is 5.26 Å². The SMILES string of the molecule is CN(Cc1ccc(Br)s1)C(=O)CCC#N. The van der Waals surface area contributed by atoms with Gasteiger partial charge < -0.3 is 4.90 Å². The number of nitriles is 1. The first-order valence-corrected chi connectivity index (χ1v) is 6.09. The molecule has 5 heteroatoms. The van der Waals surface area contributed by atoms with Crippen molar-refractivity contribution in [3.63, 3.8) is 0 Å². The molecule has 0 atom stereocenters. The highest BCUT2D eigenvalue weighted by molar-refractivity contribution is 9.11. The lowest BCUT2D eigenvalue weighted by molar-refractivity contribution is -0.130. The molecule has 0 N–H and O–H groups in total. The van der Waals surface area contributed by atoms with Crippen LogP contribution in [0, 0.1) is 11.3 Å². The van der Waals surface area contributed by atoms with Gasteiger partial charge in [-0.2, -0.15) is 5.26 Å². The molecule has 80 valence electrons. The minimum absolute atomic E-state index is 0.0149. The van der Waals surface area contributed by atoms with Crippen LogP contribution in [0.5, 0.6) is 0 Å². The molecule has 0 spiro atoms. The minimum Gasteiger partial charge on any atom is -0.341 e. The Morgan fingerprint density at radius 3 is 2.93 bits per heavy atom. The molecule has 0 saturated carbocycles. The maximum Gasteiger partial charge on any atom is 0.223 e. The van der Waals surface area contributed by atoms with Gasteiger partial charge in [-0.1, -0.05) is 0 Å². The Balaban J connectivity index is 2.45. The first kappa shape index (κ1) is 12.2. The summed E-state index contributed by atoms with van der Waals surface area (Å²) in [5.41, 5.74) is 0. The third kappa shape index (κ3) is 4.02. The molecule has 0 aliphatic heterocycles. The van der Waals surface area contributed by atoms with Crippen LogP contribution in [-0.2, 0) is 11.3 Å². The topological polar surface area (TPSA) is 44.1 Å². The molecule has 0 aliphatic carbocycles. The average Bonchev–Trinajstić information content (AvgIpc) is 2.60. The van der Waals surface area contributed by atoms with Gasteiger partial charge in [0.05, 0.1) is 16.4 Å². The van der Waals surface area contributed by atoms with Crippen LogP contribution in [0.2, 0.25) is 0 Å². The van der Waals surface area contributed by atoms with Gasteiger partial charge in [0.25, 0.3) is 0 Å². The Morgan fingerprint density at radius 2 is 2.40 bits per heavy atom. The summed E-state index contributed by atoms with van der Waals surface area (Å²) < 4.78 is 1.07. The Bertz CT molecular complexity index is 383. The summed E-state index contributed by atoms with van der Waals surface area (Å²) in [4.78, 5) is 14.3. The zero-order valence-corrected chi connectivity index (χ0v) is 10.8. The number of carbonyl (C=O) groups is 1. The Kier molecular flexibility index (Phi) is 4.79. The standard InChI is InChI=1S/C10H11BrN2OS/c1-13(10(14)3-2-6-12)7-8-4-5-9(11)15-8/h4-5H,2-3,7H2,1H3. The molecule has 0 radical (unpaired) electrons. The second-order valence-corrected chi connectivity index (χ2v) is 5.66. The Labute approximate surface area is 101 Å². The van der Waals surface area contributed by atoms with E-state index >= 15 is 0 Å². The van der Waals surface area contributed by atoms with Crippen LogP contribution in [-0.4, -0.2) is 17.9 Å². The number of hydrogen-bond donors (Lipinski definition) is 0. The number of hydrogen-bond acceptors (Lipinski definition) is 3. The Morgan fingerprint density at radius 1 is 1.67 bits per heavy atom. The van der Waals surface area contributed by atoms with Gasteiger partial charge in [-0.3, -0.25) is 4.79 Å². The number of carbonyl (C=O) groups excluding carboxylic acids is 1. The van der Waals surface area contributed by atoms with Crippen molar-refractivity contribution in [3.05, 3.63) is 20.8 Å². The van der Waals surface area contributed by atoms with Crippen LogP contribution < -0.4 is 0 Å². The monoisotopic (exact) mass is 286 g/mol. The van der Waals surface area contributed by atoms with Gasteiger partial charge in [0.1, 0.15) is 0 Å². The summed E-state index contributed by atoms with van der Waals surface area (Å²) in [6, 6.07) is 5.92. The van der Waals surface area contributed by atoms with Crippen molar-refractivity contribution in [2.45, 2.75) is 19.4 Å². The molecule has 1 rings (SSSR count). The predicted octanol–water partition coefficient (Wildman–Crippen LogP) is 2.77. The van der Waals surface area contributed by atoms with E-state index < -0.39 is 0 Å². The minimum atomic E-state index is 0.0149. The quantitative estimate of drug-likeness (QED) is 0.854. The normalized spacial score (nSPS) is 9.67. The van der Waals surface area contributed by atoms with Crippen molar-refractivity contribution >= 4 is 33.2 Å². The van der Waals surface area contributed by atoms with Gasteiger partial charge in [-0.25, -0.2) is 0 Å². The van der Waals surface area contributed by atoms with Crippen LogP contribution in [0.1, 0.15) is 17.7 Å². The molecular weight excluding hydrogens is 276 g/mol. The maximum atomic E-state index is 11.5. The van der Waals surface area contributed by atoms with Crippen molar-refractivity contribution in [1.29, 1.82) is 5.26 Å². The molecule has 0 saturated heterocycles. The van der Waals surface area contributed by atoms with E-state index in [1.807, 2.05) is 18.2 Å². The number of rotatable bonds is 4. The molecule has 0 aromatic carbocycles. The Hall–Kier alpha value is -0.860. The third-order valence-electron chi connectivity index (χ3n) is 1.90. The molecular formula is C10H11BrN2OS. The zero-order valence-electron chi connectivity index (χ0n) is 8.36. The number of halogens is 1. The molecule has 1 aromatic heterocycles. The second kappa shape index (κ2) is 5.89. The van der Waals surface area contributed by atoms with Gasteiger partial charge in [0, 0.05) is 24.8 Å². The largest absolute Gasteiger partial charge is 0.341 e.